The highest BCUT2D eigenvalue weighted by molar-refractivity contribution is 5.84. The highest BCUT2D eigenvalue weighted by atomic mass is 16.2. The number of carbonyl (C=O) groups is 1. The van der Waals surface area contributed by atoms with Gasteiger partial charge in [-0.05, 0) is 19.7 Å². The Bertz CT molecular complexity index is 276. The Morgan fingerprint density at radius 2 is 2.33 bits per heavy atom. The van der Waals surface area contributed by atoms with E-state index in [1.165, 1.54) is 0 Å². The molecule has 12 heavy (non-hydrogen) atoms. The highest BCUT2D eigenvalue weighted by Gasteiger charge is 2.24. The molecule has 1 aliphatic heterocycles. The minimum Gasteiger partial charge on any atom is -0.313 e. The summed E-state index contributed by atoms with van der Waals surface area (Å²) in [5, 5.41) is 0. The van der Waals surface area contributed by atoms with Gasteiger partial charge in [-0.3, -0.25) is 9.79 Å². The van der Waals surface area contributed by atoms with Crippen molar-refractivity contribution in [3.8, 4) is 0 Å². The van der Waals surface area contributed by atoms with E-state index in [1.807, 2.05) is 19.1 Å². The number of hydrogen-bond donors (Lipinski definition) is 0. The summed E-state index contributed by atoms with van der Waals surface area (Å²) in [6.45, 7) is 5.33. The number of hydrogen-bond acceptors (Lipinski definition) is 2. The minimum absolute atomic E-state index is 0.0745. The van der Waals surface area contributed by atoms with E-state index in [9.17, 15) is 4.79 Å². The van der Waals surface area contributed by atoms with Gasteiger partial charge in [0.15, 0.2) is 0 Å². The fraction of sp³-hybridized carbons (Fsp3) is 0.333. The SMILES string of the molecule is C=NC1=C(/C=C\C)N(C)C(=O)C1. The number of aliphatic imine (C=N–C) groups is 1. The number of amides is 1. The third-order valence-corrected chi connectivity index (χ3v) is 1.87. The molecule has 0 aliphatic carbocycles. The Labute approximate surface area is 72.1 Å². The van der Waals surface area contributed by atoms with Gasteiger partial charge in [0, 0.05) is 7.05 Å². The second kappa shape index (κ2) is 3.34. The van der Waals surface area contributed by atoms with Crippen molar-refractivity contribution in [2.75, 3.05) is 7.05 Å². The first kappa shape index (κ1) is 8.71. The molecule has 1 heterocycles. The van der Waals surface area contributed by atoms with Crippen LogP contribution >= 0.6 is 0 Å². The fourth-order valence-electron chi connectivity index (χ4n) is 1.18. The molecule has 0 saturated heterocycles. The molecule has 1 rings (SSSR count). The summed E-state index contributed by atoms with van der Waals surface area (Å²) in [6, 6.07) is 0. The second-order valence-electron chi connectivity index (χ2n) is 2.62. The predicted molar refractivity (Wildman–Crippen MR) is 48.8 cm³/mol. The average Bonchev–Trinajstić information content (AvgIpc) is 2.33. The van der Waals surface area contributed by atoms with E-state index in [-0.39, 0.29) is 5.91 Å². The van der Waals surface area contributed by atoms with E-state index < -0.39 is 0 Å². The van der Waals surface area contributed by atoms with Crippen LogP contribution in [0.25, 0.3) is 0 Å². The Balaban J connectivity index is 3.02. The highest BCUT2D eigenvalue weighted by Crippen LogP contribution is 2.23. The zero-order valence-corrected chi connectivity index (χ0v) is 7.37. The summed E-state index contributed by atoms with van der Waals surface area (Å²) in [4.78, 5) is 16.6. The summed E-state index contributed by atoms with van der Waals surface area (Å²) in [5.74, 6) is 0.0745. The van der Waals surface area contributed by atoms with Crippen LogP contribution in [0.3, 0.4) is 0 Å². The molecule has 0 saturated carbocycles. The van der Waals surface area contributed by atoms with E-state index >= 15 is 0 Å². The van der Waals surface area contributed by atoms with Gasteiger partial charge in [-0.1, -0.05) is 6.08 Å². The van der Waals surface area contributed by atoms with Crippen molar-refractivity contribution in [1.82, 2.24) is 4.90 Å². The van der Waals surface area contributed by atoms with Crippen LogP contribution in [0.15, 0.2) is 28.5 Å². The number of allylic oxidation sites excluding steroid dienone is 2. The molecule has 0 atom stereocenters. The van der Waals surface area contributed by atoms with Gasteiger partial charge < -0.3 is 4.90 Å². The Morgan fingerprint density at radius 1 is 1.67 bits per heavy atom. The normalized spacial score (nSPS) is 18.2. The molecule has 64 valence electrons. The van der Waals surface area contributed by atoms with Crippen molar-refractivity contribution in [3.63, 3.8) is 0 Å². The van der Waals surface area contributed by atoms with Gasteiger partial charge in [-0.25, -0.2) is 0 Å². The lowest BCUT2D eigenvalue weighted by molar-refractivity contribution is -0.125. The molecule has 0 spiro atoms. The molecule has 3 nitrogen and oxygen atoms in total. The van der Waals surface area contributed by atoms with Crippen molar-refractivity contribution in [1.29, 1.82) is 0 Å². The standard InChI is InChI=1S/C9H12N2O/c1-4-5-8-7(10-2)6-9(12)11(8)3/h4-5H,2,6H2,1,3H3/b5-4-. The van der Waals surface area contributed by atoms with Crippen molar-refractivity contribution in [3.05, 3.63) is 23.5 Å². The number of nitrogens with zero attached hydrogens (tertiary/aromatic N) is 2. The number of likely N-dealkylation sites (N-methyl/N-ethyl adjacent to an activating group) is 1. The van der Waals surface area contributed by atoms with Gasteiger partial charge in [-0.2, -0.15) is 0 Å². The van der Waals surface area contributed by atoms with Crippen LogP contribution in [0.4, 0.5) is 0 Å². The van der Waals surface area contributed by atoms with Crippen molar-refractivity contribution >= 4 is 12.6 Å². The van der Waals surface area contributed by atoms with Crippen LogP contribution in [0.5, 0.6) is 0 Å². The van der Waals surface area contributed by atoms with Gasteiger partial charge in [0.2, 0.25) is 5.91 Å². The predicted octanol–water partition coefficient (Wildman–Crippen LogP) is 1.34. The molecule has 1 amide bonds. The maximum atomic E-state index is 11.2. The molecule has 0 aromatic heterocycles. The van der Waals surface area contributed by atoms with Crippen molar-refractivity contribution < 1.29 is 4.79 Å². The van der Waals surface area contributed by atoms with E-state index in [4.69, 9.17) is 0 Å². The van der Waals surface area contributed by atoms with Gasteiger partial charge >= 0.3 is 0 Å². The smallest absolute Gasteiger partial charge is 0.232 e. The summed E-state index contributed by atoms with van der Waals surface area (Å²) < 4.78 is 0. The second-order valence-corrected chi connectivity index (χ2v) is 2.62. The first-order chi connectivity index (χ1) is 5.70. The van der Waals surface area contributed by atoms with Crippen molar-refractivity contribution in [2.45, 2.75) is 13.3 Å². The Morgan fingerprint density at radius 3 is 2.83 bits per heavy atom. The third kappa shape index (κ3) is 1.30. The summed E-state index contributed by atoms with van der Waals surface area (Å²) in [6.07, 6.45) is 4.13. The Kier molecular flexibility index (Phi) is 2.43. The van der Waals surface area contributed by atoms with Gasteiger partial charge in [0.05, 0.1) is 17.8 Å². The lowest BCUT2D eigenvalue weighted by Crippen LogP contribution is -2.18. The van der Waals surface area contributed by atoms with E-state index in [0.29, 0.717) is 6.42 Å². The zero-order valence-electron chi connectivity index (χ0n) is 7.37. The molecule has 0 aromatic carbocycles. The maximum Gasteiger partial charge on any atom is 0.232 e. The summed E-state index contributed by atoms with van der Waals surface area (Å²) >= 11 is 0. The lowest BCUT2D eigenvalue weighted by Gasteiger charge is -2.09. The van der Waals surface area contributed by atoms with E-state index in [1.54, 1.807) is 11.9 Å². The summed E-state index contributed by atoms with van der Waals surface area (Å²) in [5.41, 5.74) is 1.62. The molecular formula is C9H12N2O. The van der Waals surface area contributed by atoms with E-state index in [0.717, 1.165) is 11.4 Å². The molecule has 0 fully saturated rings. The van der Waals surface area contributed by atoms with Crippen LogP contribution in [0, 0.1) is 0 Å². The molecule has 0 unspecified atom stereocenters. The first-order valence-corrected chi connectivity index (χ1v) is 3.79. The van der Waals surface area contributed by atoms with Gasteiger partial charge in [-0.15, -0.1) is 0 Å². The van der Waals surface area contributed by atoms with Gasteiger partial charge in [0.25, 0.3) is 0 Å². The lowest BCUT2D eigenvalue weighted by atomic mass is 10.3. The van der Waals surface area contributed by atoms with Crippen LogP contribution in [-0.4, -0.2) is 24.6 Å². The maximum absolute atomic E-state index is 11.2. The Hall–Kier alpha value is -1.38. The molecule has 0 N–H and O–H groups in total. The first-order valence-electron chi connectivity index (χ1n) is 3.79. The fourth-order valence-corrected chi connectivity index (χ4v) is 1.18. The molecule has 0 radical (unpaired) electrons. The molecule has 3 heteroatoms. The minimum atomic E-state index is 0.0745. The summed E-state index contributed by atoms with van der Waals surface area (Å²) in [7, 11) is 1.75. The average molecular weight is 164 g/mol. The largest absolute Gasteiger partial charge is 0.313 e. The monoisotopic (exact) mass is 164 g/mol. The van der Waals surface area contributed by atoms with Crippen LogP contribution in [-0.2, 0) is 4.79 Å². The number of rotatable bonds is 2. The van der Waals surface area contributed by atoms with Gasteiger partial charge in [0.1, 0.15) is 0 Å². The third-order valence-electron chi connectivity index (χ3n) is 1.87. The molecule has 1 aliphatic rings. The van der Waals surface area contributed by atoms with Crippen LogP contribution in [0.2, 0.25) is 0 Å². The zero-order chi connectivity index (χ0) is 9.14. The molecular weight excluding hydrogens is 152 g/mol. The molecule has 0 aromatic rings. The molecule has 0 bridgehead atoms. The van der Waals surface area contributed by atoms with Crippen molar-refractivity contribution in [2.24, 2.45) is 4.99 Å². The van der Waals surface area contributed by atoms with E-state index in [2.05, 4.69) is 11.7 Å². The van der Waals surface area contributed by atoms with Crippen LogP contribution in [0.1, 0.15) is 13.3 Å². The number of carbonyl (C=O) groups excluding carboxylic acids is 1. The quantitative estimate of drug-likeness (QED) is 0.567. The topological polar surface area (TPSA) is 32.7 Å². The van der Waals surface area contributed by atoms with Crippen LogP contribution < -0.4 is 0 Å².